The number of hydrogen-bond acceptors (Lipinski definition) is 3. The summed E-state index contributed by atoms with van der Waals surface area (Å²) in [5.74, 6) is -0.131. The topological polar surface area (TPSA) is 47.4 Å². The number of halogens is 1. The molecule has 106 valence electrons. The van der Waals surface area contributed by atoms with Crippen molar-refractivity contribution in [3.8, 4) is 0 Å². The number of aryl methyl sites for hydroxylation is 1. The van der Waals surface area contributed by atoms with Crippen LogP contribution in [0.3, 0.4) is 0 Å². The van der Waals surface area contributed by atoms with E-state index in [1.54, 1.807) is 16.6 Å². The van der Waals surface area contributed by atoms with Gasteiger partial charge in [-0.3, -0.25) is 9.48 Å². The molecule has 0 spiro atoms. The summed E-state index contributed by atoms with van der Waals surface area (Å²) in [5.41, 5.74) is 0.770. The molecule has 19 heavy (non-hydrogen) atoms. The SMILES string of the molecule is Cc1c(Cl)c(C(=O)N2CC(C)OCC2(C)C)nn1C. The van der Waals surface area contributed by atoms with Gasteiger partial charge in [-0.1, -0.05) is 11.6 Å². The zero-order valence-corrected chi connectivity index (χ0v) is 12.8. The molecular formula is C13H20ClN3O2. The average molecular weight is 286 g/mol. The van der Waals surface area contributed by atoms with Crippen LogP contribution in [0, 0.1) is 6.92 Å². The second-order valence-electron chi connectivity index (χ2n) is 5.72. The van der Waals surface area contributed by atoms with Crippen LogP contribution in [-0.2, 0) is 11.8 Å². The van der Waals surface area contributed by atoms with Crippen molar-refractivity contribution in [2.24, 2.45) is 7.05 Å². The Bertz CT molecular complexity index is 510. The van der Waals surface area contributed by atoms with Crippen LogP contribution in [0.1, 0.15) is 37.0 Å². The van der Waals surface area contributed by atoms with E-state index in [2.05, 4.69) is 5.10 Å². The molecule has 6 heteroatoms. The Balaban J connectivity index is 2.34. The van der Waals surface area contributed by atoms with Crippen LogP contribution < -0.4 is 0 Å². The third-order valence-electron chi connectivity index (χ3n) is 3.60. The lowest BCUT2D eigenvalue weighted by molar-refractivity contribution is -0.0757. The van der Waals surface area contributed by atoms with Gasteiger partial charge in [0.05, 0.1) is 29.0 Å². The predicted molar refractivity (Wildman–Crippen MR) is 73.5 cm³/mol. The van der Waals surface area contributed by atoms with E-state index in [0.717, 1.165) is 5.69 Å². The number of aromatic nitrogens is 2. The van der Waals surface area contributed by atoms with Gasteiger partial charge in [0.15, 0.2) is 5.69 Å². The number of carbonyl (C=O) groups is 1. The Hall–Kier alpha value is -1.07. The highest BCUT2D eigenvalue weighted by molar-refractivity contribution is 6.34. The highest BCUT2D eigenvalue weighted by atomic mass is 35.5. The molecule has 0 radical (unpaired) electrons. The molecule has 0 N–H and O–H groups in total. The van der Waals surface area contributed by atoms with E-state index in [1.807, 2.05) is 27.7 Å². The van der Waals surface area contributed by atoms with E-state index in [1.165, 1.54) is 0 Å². The first-order chi connectivity index (χ1) is 8.74. The monoisotopic (exact) mass is 285 g/mol. The summed E-state index contributed by atoms with van der Waals surface area (Å²) in [7, 11) is 1.78. The summed E-state index contributed by atoms with van der Waals surface area (Å²) in [5, 5.41) is 4.66. The lowest BCUT2D eigenvalue weighted by Crippen LogP contribution is -2.57. The lowest BCUT2D eigenvalue weighted by Gasteiger charge is -2.44. The van der Waals surface area contributed by atoms with Gasteiger partial charge in [-0.25, -0.2) is 0 Å². The molecule has 1 aliphatic rings. The molecule has 0 saturated carbocycles. The van der Waals surface area contributed by atoms with Crippen molar-refractivity contribution in [3.63, 3.8) is 0 Å². The second kappa shape index (κ2) is 4.80. The highest BCUT2D eigenvalue weighted by Crippen LogP contribution is 2.27. The number of ether oxygens (including phenoxy) is 1. The van der Waals surface area contributed by atoms with Crippen molar-refractivity contribution in [3.05, 3.63) is 16.4 Å². The van der Waals surface area contributed by atoms with Crippen molar-refractivity contribution in [1.82, 2.24) is 14.7 Å². The average Bonchev–Trinajstić information content (AvgIpc) is 2.59. The molecule has 1 amide bonds. The first-order valence-electron chi connectivity index (χ1n) is 6.36. The normalized spacial score (nSPS) is 22.6. The van der Waals surface area contributed by atoms with Crippen LogP contribution in [0.4, 0.5) is 0 Å². The molecule has 1 aromatic rings. The molecule has 0 bridgehead atoms. The largest absolute Gasteiger partial charge is 0.374 e. The quantitative estimate of drug-likeness (QED) is 0.793. The molecule has 1 atom stereocenters. The first-order valence-corrected chi connectivity index (χ1v) is 6.74. The Labute approximate surface area is 118 Å². The van der Waals surface area contributed by atoms with Crippen LogP contribution in [0.5, 0.6) is 0 Å². The molecule has 0 aliphatic carbocycles. The highest BCUT2D eigenvalue weighted by Gasteiger charge is 2.38. The number of rotatable bonds is 1. The summed E-state index contributed by atoms with van der Waals surface area (Å²) < 4.78 is 7.25. The van der Waals surface area contributed by atoms with E-state index in [4.69, 9.17) is 16.3 Å². The Morgan fingerprint density at radius 3 is 2.68 bits per heavy atom. The number of carbonyl (C=O) groups excluding carboxylic acids is 1. The minimum absolute atomic E-state index is 0.0283. The zero-order chi connectivity index (χ0) is 14.4. The minimum Gasteiger partial charge on any atom is -0.374 e. The van der Waals surface area contributed by atoms with E-state index < -0.39 is 0 Å². The van der Waals surface area contributed by atoms with Crippen LogP contribution in [0.25, 0.3) is 0 Å². The van der Waals surface area contributed by atoms with Gasteiger partial charge in [0.1, 0.15) is 0 Å². The van der Waals surface area contributed by atoms with Crippen LogP contribution in [0.15, 0.2) is 0 Å². The number of amides is 1. The molecule has 0 aromatic carbocycles. The standard InChI is InChI=1S/C13H20ClN3O2/c1-8-6-17(13(3,4)7-19-8)12(18)11-10(14)9(2)16(5)15-11/h8H,6-7H2,1-5H3. The van der Waals surface area contributed by atoms with E-state index in [-0.39, 0.29) is 17.6 Å². The van der Waals surface area contributed by atoms with E-state index in [9.17, 15) is 4.79 Å². The fourth-order valence-electron chi connectivity index (χ4n) is 2.19. The van der Waals surface area contributed by atoms with Gasteiger partial charge in [0, 0.05) is 13.6 Å². The van der Waals surface area contributed by atoms with Gasteiger partial charge >= 0.3 is 0 Å². The third-order valence-corrected chi connectivity index (χ3v) is 4.05. The summed E-state index contributed by atoms with van der Waals surface area (Å²) >= 11 is 6.20. The van der Waals surface area contributed by atoms with Crippen molar-refractivity contribution in [2.45, 2.75) is 39.3 Å². The first kappa shape index (κ1) is 14.3. The number of morpholine rings is 1. The van der Waals surface area contributed by atoms with E-state index >= 15 is 0 Å². The molecule has 1 aromatic heterocycles. The minimum atomic E-state index is -0.349. The molecule has 1 fully saturated rings. The molecule has 2 rings (SSSR count). The van der Waals surface area contributed by atoms with Crippen molar-refractivity contribution < 1.29 is 9.53 Å². The second-order valence-corrected chi connectivity index (χ2v) is 6.10. The molecule has 1 aliphatic heterocycles. The summed E-state index contributed by atoms with van der Waals surface area (Å²) in [6, 6.07) is 0. The molecule has 1 saturated heterocycles. The van der Waals surface area contributed by atoms with Gasteiger partial charge in [-0.2, -0.15) is 5.10 Å². The molecule has 2 heterocycles. The molecular weight excluding hydrogens is 266 g/mol. The van der Waals surface area contributed by atoms with Crippen molar-refractivity contribution in [1.29, 1.82) is 0 Å². The summed E-state index contributed by atoms with van der Waals surface area (Å²) in [4.78, 5) is 14.5. The maximum atomic E-state index is 12.7. The fraction of sp³-hybridized carbons (Fsp3) is 0.692. The van der Waals surface area contributed by atoms with Gasteiger partial charge < -0.3 is 9.64 Å². The van der Waals surface area contributed by atoms with Crippen molar-refractivity contribution >= 4 is 17.5 Å². The Morgan fingerprint density at radius 1 is 1.53 bits per heavy atom. The molecule has 1 unspecified atom stereocenters. The van der Waals surface area contributed by atoms with Gasteiger partial charge in [0.2, 0.25) is 0 Å². The zero-order valence-electron chi connectivity index (χ0n) is 12.0. The number of nitrogens with zero attached hydrogens (tertiary/aromatic N) is 3. The van der Waals surface area contributed by atoms with Crippen LogP contribution in [0.2, 0.25) is 5.02 Å². The smallest absolute Gasteiger partial charge is 0.276 e. The van der Waals surface area contributed by atoms with Crippen LogP contribution >= 0.6 is 11.6 Å². The predicted octanol–water partition coefficient (Wildman–Crippen LogP) is 2.02. The van der Waals surface area contributed by atoms with Gasteiger partial charge in [0.25, 0.3) is 5.91 Å². The molecule has 5 nitrogen and oxygen atoms in total. The summed E-state index contributed by atoms with van der Waals surface area (Å²) in [6.45, 7) is 8.85. The van der Waals surface area contributed by atoms with Crippen LogP contribution in [-0.4, -0.2) is 45.4 Å². The van der Waals surface area contributed by atoms with Gasteiger partial charge in [-0.15, -0.1) is 0 Å². The lowest BCUT2D eigenvalue weighted by atomic mass is 10.0. The number of hydrogen-bond donors (Lipinski definition) is 0. The summed E-state index contributed by atoms with van der Waals surface area (Å²) in [6.07, 6.45) is 0.0283. The third kappa shape index (κ3) is 2.49. The van der Waals surface area contributed by atoms with E-state index in [0.29, 0.717) is 23.9 Å². The maximum Gasteiger partial charge on any atom is 0.276 e. The maximum absolute atomic E-state index is 12.7. The Kier molecular flexibility index (Phi) is 3.62. The Morgan fingerprint density at radius 2 is 2.16 bits per heavy atom. The van der Waals surface area contributed by atoms with Crippen molar-refractivity contribution in [2.75, 3.05) is 13.2 Å². The van der Waals surface area contributed by atoms with Gasteiger partial charge in [-0.05, 0) is 27.7 Å². The fourth-order valence-corrected chi connectivity index (χ4v) is 2.43.